The molecule has 1 rings (SSSR count). The molecule has 0 unspecified atom stereocenters. The first kappa shape index (κ1) is 11.0. The van der Waals surface area contributed by atoms with E-state index in [2.05, 4.69) is 10.1 Å². The van der Waals surface area contributed by atoms with E-state index in [0.29, 0.717) is 13.1 Å². The Balaban J connectivity index is 2.29. The van der Waals surface area contributed by atoms with Gasteiger partial charge in [-0.05, 0) is 19.0 Å². The zero-order valence-electron chi connectivity index (χ0n) is 7.06. The molecule has 0 amide bonds. The van der Waals surface area contributed by atoms with Crippen molar-refractivity contribution in [1.29, 1.82) is 0 Å². The summed E-state index contributed by atoms with van der Waals surface area (Å²) in [6, 6.07) is 0. The molecule has 14 heavy (non-hydrogen) atoms. The van der Waals surface area contributed by atoms with Crippen molar-refractivity contribution >= 4 is 11.9 Å². The molecule has 1 heterocycles. The van der Waals surface area contributed by atoms with E-state index in [1.165, 1.54) is 0 Å². The third-order valence-electron chi connectivity index (χ3n) is 1.76. The van der Waals surface area contributed by atoms with Gasteiger partial charge in [0.25, 0.3) is 0 Å². The van der Waals surface area contributed by atoms with E-state index in [9.17, 15) is 22.8 Å². The van der Waals surface area contributed by atoms with Crippen molar-refractivity contribution in [3.8, 4) is 0 Å². The zero-order chi connectivity index (χ0) is 10.8. The van der Waals surface area contributed by atoms with Crippen molar-refractivity contribution < 1.29 is 27.5 Å². The Morgan fingerprint density at radius 1 is 1.36 bits per heavy atom. The molecule has 0 aromatic rings. The quantitative estimate of drug-likeness (QED) is 0.524. The summed E-state index contributed by atoms with van der Waals surface area (Å²) < 4.78 is 38.4. The topological polar surface area (TPSA) is 55.4 Å². The van der Waals surface area contributed by atoms with Gasteiger partial charge < -0.3 is 10.1 Å². The molecule has 0 aliphatic carbocycles. The van der Waals surface area contributed by atoms with Crippen LogP contribution in [0.3, 0.4) is 0 Å². The number of hydrogen-bond acceptors (Lipinski definition) is 4. The number of rotatable bonds is 2. The molecule has 1 N–H and O–H groups in total. The molecular weight excluding hydrogens is 203 g/mol. The molecule has 1 fully saturated rings. The van der Waals surface area contributed by atoms with E-state index in [4.69, 9.17) is 0 Å². The highest BCUT2D eigenvalue weighted by molar-refractivity contribution is 5.88. The second-order valence-corrected chi connectivity index (χ2v) is 2.99. The van der Waals surface area contributed by atoms with Gasteiger partial charge in [-0.25, -0.2) is 4.79 Å². The second-order valence-electron chi connectivity index (χ2n) is 2.99. The van der Waals surface area contributed by atoms with Crippen molar-refractivity contribution in [2.75, 3.05) is 13.1 Å². The Hall–Kier alpha value is -1.11. The Morgan fingerprint density at radius 3 is 2.29 bits per heavy atom. The summed E-state index contributed by atoms with van der Waals surface area (Å²) in [4.78, 5) is 20.9. The smallest absolute Gasteiger partial charge is 0.386 e. The van der Waals surface area contributed by atoms with Gasteiger partial charge in [0.1, 0.15) is 0 Å². The van der Waals surface area contributed by atoms with Gasteiger partial charge in [0.2, 0.25) is 0 Å². The Labute approximate surface area is 77.4 Å². The lowest BCUT2D eigenvalue weighted by Crippen LogP contribution is -2.43. The minimum atomic E-state index is -5.10. The molecule has 1 saturated heterocycles. The van der Waals surface area contributed by atoms with Crippen LogP contribution in [0.4, 0.5) is 13.2 Å². The molecule has 0 radical (unpaired) electrons. The highest BCUT2D eigenvalue weighted by Gasteiger charge is 2.42. The normalized spacial score (nSPS) is 17.4. The van der Waals surface area contributed by atoms with Gasteiger partial charge in [-0.3, -0.25) is 4.79 Å². The summed E-state index contributed by atoms with van der Waals surface area (Å²) in [5.41, 5.74) is 0. The molecule has 0 aromatic carbocycles. The van der Waals surface area contributed by atoms with Crippen molar-refractivity contribution in [3.63, 3.8) is 0 Å². The molecular formula is C7H8F3NO3. The fourth-order valence-electron chi connectivity index (χ4n) is 0.931. The number of carbonyl (C=O) groups is 2. The van der Waals surface area contributed by atoms with Crippen molar-refractivity contribution in [1.82, 2.24) is 5.32 Å². The fourth-order valence-corrected chi connectivity index (χ4v) is 0.931. The van der Waals surface area contributed by atoms with Crippen LogP contribution in [0.25, 0.3) is 0 Å². The second kappa shape index (κ2) is 3.95. The lowest BCUT2D eigenvalue weighted by Gasteiger charge is -2.25. The molecule has 4 nitrogen and oxygen atoms in total. The third-order valence-corrected chi connectivity index (χ3v) is 1.76. The average molecular weight is 211 g/mol. The maximum Gasteiger partial charge on any atom is 0.491 e. The number of alkyl halides is 3. The van der Waals surface area contributed by atoms with E-state index in [-0.39, 0.29) is 12.3 Å². The number of carbonyl (C=O) groups excluding carboxylic acids is 2. The van der Waals surface area contributed by atoms with E-state index >= 15 is 0 Å². The first-order valence-corrected chi connectivity index (χ1v) is 3.92. The highest BCUT2D eigenvalue weighted by Crippen LogP contribution is 2.18. The van der Waals surface area contributed by atoms with Crippen LogP contribution in [0.5, 0.6) is 0 Å². The SMILES string of the molecule is O=C(CC1CNC1)OC(=O)C(F)(F)F. The molecule has 7 heteroatoms. The van der Waals surface area contributed by atoms with Gasteiger partial charge >= 0.3 is 18.1 Å². The van der Waals surface area contributed by atoms with Crippen LogP contribution in [0, 0.1) is 5.92 Å². The monoisotopic (exact) mass is 211 g/mol. The summed E-state index contributed by atoms with van der Waals surface area (Å²) in [5.74, 6) is -3.60. The number of ether oxygens (including phenoxy) is 1. The molecule has 0 atom stereocenters. The van der Waals surface area contributed by atoms with Crippen LogP contribution in [-0.2, 0) is 14.3 Å². The number of hydrogen-bond donors (Lipinski definition) is 1. The van der Waals surface area contributed by atoms with Crippen molar-refractivity contribution in [2.45, 2.75) is 12.6 Å². The molecule has 0 aromatic heterocycles. The van der Waals surface area contributed by atoms with E-state index < -0.39 is 18.1 Å². The number of nitrogens with one attached hydrogen (secondary N) is 1. The summed E-state index contributed by atoms with van der Waals surface area (Å²) in [7, 11) is 0. The molecule has 0 bridgehead atoms. The summed E-state index contributed by atoms with van der Waals surface area (Å²) in [5, 5.41) is 2.84. The first-order chi connectivity index (χ1) is 6.39. The Kier molecular flexibility index (Phi) is 3.10. The molecule has 1 aliphatic rings. The lowest BCUT2D eigenvalue weighted by atomic mass is 10.00. The standard InChI is InChI=1S/C7H8F3NO3/c8-7(9,10)6(13)14-5(12)1-4-2-11-3-4/h4,11H,1-3H2. The minimum absolute atomic E-state index is 0.0245. The average Bonchev–Trinajstić information content (AvgIpc) is 1.95. The Morgan fingerprint density at radius 2 is 1.93 bits per heavy atom. The number of halogens is 3. The van der Waals surface area contributed by atoms with Crippen LogP contribution in [0.1, 0.15) is 6.42 Å². The van der Waals surface area contributed by atoms with Crippen LogP contribution in [-0.4, -0.2) is 31.2 Å². The summed E-state index contributed by atoms with van der Waals surface area (Å²) >= 11 is 0. The van der Waals surface area contributed by atoms with Crippen LogP contribution < -0.4 is 5.32 Å². The van der Waals surface area contributed by atoms with Crippen LogP contribution in [0.15, 0.2) is 0 Å². The number of esters is 2. The first-order valence-electron chi connectivity index (χ1n) is 3.92. The van der Waals surface area contributed by atoms with Gasteiger partial charge in [0, 0.05) is 0 Å². The predicted octanol–water partition coefficient (Wildman–Crippen LogP) is 0.228. The Bertz CT molecular complexity index is 247. The third kappa shape index (κ3) is 2.99. The summed E-state index contributed by atoms with van der Waals surface area (Å²) in [6.07, 6.45) is -5.26. The molecule has 0 saturated carbocycles. The van der Waals surface area contributed by atoms with Gasteiger partial charge in [-0.1, -0.05) is 0 Å². The van der Waals surface area contributed by atoms with Crippen LogP contribution >= 0.6 is 0 Å². The van der Waals surface area contributed by atoms with Crippen molar-refractivity contribution in [2.24, 2.45) is 5.92 Å². The van der Waals surface area contributed by atoms with Crippen molar-refractivity contribution in [3.05, 3.63) is 0 Å². The zero-order valence-corrected chi connectivity index (χ0v) is 7.06. The van der Waals surface area contributed by atoms with E-state index in [0.717, 1.165) is 0 Å². The maximum absolute atomic E-state index is 11.6. The summed E-state index contributed by atoms with van der Waals surface area (Å²) in [6.45, 7) is 1.13. The van der Waals surface area contributed by atoms with E-state index in [1.807, 2.05) is 0 Å². The largest absolute Gasteiger partial charge is 0.491 e. The molecule has 1 aliphatic heterocycles. The van der Waals surface area contributed by atoms with Gasteiger partial charge in [-0.2, -0.15) is 13.2 Å². The van der Waals surface area contributed by atoms with Crippen LogP contribution in [0.2, 0.25) is 0 Å². The minimum Gasteiger partial charge on any atom is -0.386 e. The van der Waals surface area contributed by atoms with E-state index in [1.54, 1.807) is 0 Å². The molecule has 0 spiro atoms. The van der Waals surface area contributed by atoms with Gasteiger partial charge in [0.05, 0.1) is 6.42 Å². The highest BCUT2D eigenvalue weighted by atomic mass is 19.4. The predicted molar refractivity (Wildman–Crippen MR) is 38.1 cm³/mol. The fraction of sp³-hybridized carbons (Fsp3) is 0.714. The molecule has 80 valence electrons. The van der Waals surface area contributed by atoms with Gasteiger partial charge in [0.15, 0.2) is 0 Å². The lowest BCUT2D eigenvalue weighted by molar-refractivity contribution is -0.202. The maximum atomic E-state index is 11.6. The van der Waals surface area contributed by atoms with Gasteiger partial charge in [-0.15, -0.1) is 0 Å².